The first-order chi connectivity index (χ1) is 7.33. The Balaban J connectivity index is 1.65. The Morgan fingerprint density at radius 2 is 2.47 bits per heavy atom. The van der Waals surface area contributed by atoms with Gasteiger partial charge in [-0.1, -0.05) is 11.8 Å². The molecule has 1 aromatic rings. The molecule has 2 N–H and O–H groups in total. The lowest BCUT2D eigenvalue weighted by molar-refractivity contribution is -0.122. The Morgan fingerprint density at radius 1 is 1.60 bits per heavy atom. The van der Waals surface area contributed by atoms with Crippen LogP contribution in [0.4, 0.5) is 5.69 Å². The highest BCUT2D eigenvalue weighted by atomic mass is 32.2. The van der Waals surface area contributed by atoms with Crippen molar-refractivity contribution in [2.75, 3.05) is 5.32 Å². The Hall–Kier alpha value is -1.23. The van der Waals surface area contributed by atoms with Crippen molar-refractivity contribution in [3.05, 3.63) is 18.3 Å². The van der Waals surface area contributed by atoms with Crippen LogP contribution in [0.5, 0.6) is 0 Å². The molecule has 0 saturated heterocycles. The number of aromatic nitrogens is 1. The van der Waals surface area contributed by atoms with Gasteiger partial charge in [-0.05, 0) is 25.0 Å². The lowest BCUT2D eigenvalue weighted by atomic mass is 10.4. The summed E-state index contributed by atoms with van der Waals surface area (Å²) in [5, 5.41) is 7.13. The van der Waals surface area contributed by atoms with Crippen LogP contribution in [0.25, 0.3) is 0 Å². The van der Waals surface area contributed by atoms with Crippen molar-refractivity contribution in [3.8, 4) is 0 Å². The predicted molar refractivity (Wildman–Crippen MR) is 58.4 cm³/mol. The van der Waals surface area contributed by atoms with Crippen LogP contribution in [0.15, 0.2) is 23.4 Å². The van der Waals surface area contributed by atoms with Gasteiger partial charge in [0.25, 0.3) is 0 Å². The number of thioether (sulfide) groups is 1. The number of amides is 1. The highest BCUT2D eigenvalue weighted by molar-refractivity contribution is 8.00. The normalized spacial score (nSPS) is 23.1. The number of hydrogen-bond acceptors (Lipinski definition) is 4. The molecule has 2 heterocycles. The van der Waals surface area contributed by atoms with Crippen molar-refractivity contribution in [1.29, 1.82) is 0 Å². The maximum Gasteiger partial charge on any atom is 0.225 e. The number of anilines is 1. The summed E-state index contributed by atoms with van der Waals surface area (Å²) < 4.78 is 0. The molecular weight excluding hydrogens is 210 g/mol. The van der Waals surface area contributed by atoms with E-state index in [2.05, 4.69) is 15.6 Å². The molecule has 3 rings (SSSR count). The minimum Gasteiger partial charge on any atom is -0.354 e. The molecule has 0 radical (unpaired) electrons. The van der Waals surface area contributed by atoms with Gasteiger partial charge in [0.2, 0.25) is 5.91 Å². The fraction of sp³-hybridized carbons (Fsp3) is 0.400. The molecule has 1 amide bonds. The third kappa shape index (κ3) is 1.79. The second kappa shape index (κ2) is 3.41. The Bertz CT molecular complexity index is 380. The topological polar surface area (TPSA) is 54.0 Å². The molecule has 0 aromatic carbocycles. The number of nitrogens with zero attached hydrogens (tertiary/aromatic N) is 1. The standard InChI is InChI=1S/C10H11N3OS/c14-8(6-3-4-6)13-10-12-7-2-1-5-11-9(7)15-10/h1-2,5-6,10,12H,3-4H2,(H,13,14). The van der Waals surface area contributed by atoms with Crippen molar-refractivity contribution in [3.63, 3.8) is 0 Å². The first-order valence-corrected chi connectivity index (χ1v) is 5.89. The highest BCUT2D eigenvalue weighted by Crippen LogP contribution is 2.36. The van der Waals surface area contributed by atoms with E-state index in [0.717, 1.165) is 23.6 Å². The van der Waals surface area contributed by atoms with Crippen molar-refractivity contribution in [2.24, 2.45) is 5.92 Å². The van der Waals surface area contributed by atoms with Crippen molar-refractivity contribution >= 4 is 23.4 Å². The van der Waals surface area contributed by atoms with Crippen molar-refractivity contribution in [2.45, 2.75) is 23.4 Å². The maximum absolute atomic E-state index is 11.5. The second-order valence-electron chi connectivity index (χ2n) is 3.78. The van der Waals surface area contributed by atoms with Gasteiger partial charge in [0.1, 0.15) is 5.03 Å². The van der Waals surface area contributed by atoms with Crippen LogP contribution in [0, 0.1) is 5.92 Å². The number of carbonyl (C=O) groups is 1. The summed E-state index contributed by atoms with van der Waals surface area (Å²) in [5.74, 6) is 0.414. The van der Waals surface area contributed by atoms with Gasteiger partial charge in [-0.2, -0.15) is 0 Å². The average molecular weight is 221 g/mol. The first-order valence-electron chi connectivity index (χ1n) is 5.01. The molecule has 1 aliphatic heterocycles. The summed E-state index contributed by atoms with van der Waals surface area (Å²) in [6.07, 6.45) is 3.83. The first kappa shape index (κ1) is 9.03. The summed E-state index contributed by atoms with van der Waals surface area (Å²) in [4.78, 5) is 15.8. The monoisotopic (exact) mass is 221 g/mol. The summed E-state index contributed by atoms with van der Waals surface area (Å²) in [5.41, 5.74) is 0.951. The molecule has 1 aromatic heterocycles. The van der Waals surface area contributed by atoms with E-state index < -0.39 is 0 Å². The average Bonchev–Trinajstić information content (AvgIpc) is 2.99. The van der Waals surface area contributed by atoms with E-state index >= 15 is 0 Å². The molecule has 1 atom stereocenters. The maximum atomic E-state index is 11.5. The van der Waals surface area contributed by atoms with E-state index in [9.17, 15) is 4.79 Å². The number of nitrogens with one attached hydrogen (secondary N) is 2. The van der Waals surface area contributed by atoms with Gasteiger partial charge < -0.3 is 10.6 Å². The third-order valence-corrected chi connectivity index (χ3v) is 3.53. The zero-order valence-corrected chi connectivity index (χ0v) is 8.88. The third-order valence-electron chi connectivity index (χ3n) is 2.51. The zero-order chi connectivity index (χ0) is 10.3. The van der Waals surface area contributed by atoms with Gasteiger partial charge >= 0.3 is 0 Å². The quantitative estimate of drug-likeness (QED) is 0.792. The summed E-state index contributed by atoms with van der Waals surface area (Å²) in [7, 11) is 0. The zero-order valence-electron chi connectivity index (χ0n) is 8.06. The largest absolute Gasteiger partial charge is 0.354 e. The number of hydrogen-bond donors (Lipinski definition) is 2. The minimum absolute atomic E-state index is 0.0528. The van der Waals surface area contributed by atoms with Crippen molar-refractivity contribution < 1.29 is 4.79 Å². The van der Waals surface area contributed by atoms with Crippen LogP contribution in [0.1, 0.15) is 12.8 Å². The van der Waals surface area contributed by atoms with Gasteiger partial charge in [0.15, 0.2) is 5.50 Å². The Labute approximate surface area is 91.8 Å². The number of fused-ring (bicyclic) bond motifs is 1. The number of rotatable bonds is 2. The van der Waals surface area contributed by atoms with E-state index in [1.807, 2.05) is 12.1 Å². The fourth-order valence-electron chi connectivity index (χ4n) is 1.54. The van der Waals surface area contributed by atoms with Crippen LogP contribution in [-0.4, -0.2) is 16.4 Å². The van der Waals surface area contributed by atoms with E-state index in [4.69, 9.17) is 0 Å². The summed E-state index contributed by atoms with van der Waals surface area (Å²) in [6, 6.07) is 3.86. The Kier molecular flexibility index (Phi) is 2.05. The second-order valence-corrected chi connectivity index (χ2v) is 4.88. The lowest BCUT2D eigenvalue weighted by Crippen LogP contribution is -2.36. The molecular formula is C10H11N3OS. The highest BCUT2D eigenvalue weighted by Gasteiger charge is 2.32. The smallest absolute Gasteiger partial charge is 0.225 e. The van der Waals surface area contributed by atoms with Crippen LogP contribution in [0.3, 0.4) is 0 Å². The molecule has 0 spiro atoms. The van der Waals surface area contributed by atoms with Gasteiger partial charge in [-0.25, -0.2) is 4.98 Å². The molecule has 78 valence electrons. The fourth-order valence-corrected chi connectivity index (χ4v) is 2.49. The molecule has 4 nitrogen and oxygen atoms in total. The van der Waals surface area contributed by atoms with Crippen LogP contribution in [-0.2, 0) is 4.79 Å². The summed E-state index contributed by atoms with van der Waals surface area (Å²) in [6.45, 7) is 0. The SMILES string of the molecule is O=C(NC1Nc2cccnc2S1)C1CC1. The minimum atomic E-state index is -0.0528. The van der Waals surface area contributed by atoms with Crippen LogP contribution >= 0.6 is 11.8 Å². The van der Waals surface area contributed by atoms with E-state index in [0.29, 0.717) is 0 Å². The van der Waals surface area contributed by atoms with E-state index in [1.54, 1.807) is 18.0 Å². The van der Waals surface area contributed by atoms with Gasteiger partial charge in [0.05, 0.1) is 5.69 Å². The molecule has 5 heteroatoms. The lowest BCUT2D eigenvalue weighted by Gasteiger charge is -2.11. The summed E-state index contributed by atoms with van der Waals surface area (Å²) >= 11 is 1.56. The molecule has 2 aliphatic rings. The molecule has 1 saturated carbocycles. The molecule has 1 aliphatic carbocycles. The number of pyridine rings is 1. The van der Waals surface area contributed by atoms with Gasteiger partial charge in [0, 0.05) is 12.1 Å². The van der Waals surface area contributed by atoms with Crippen molar-refractivity contribution in [1.82, 2.24) is 10.3 Å². The molecule has 1 unspecified atom stereocenters. The number of carbonyl (C=O) groups excluding carboxylic acids is 1. The molecule has 15 heavy (non-hydrogen) atoms. The predicted octanol–water partition coefficient (Wildman–Crippen LogP) is 1.41. The van der Waals surface area contributed by atoms with Gasteiger partial charge in [-0.3, -0.25) is 4.79 Å². The molecule has 1 fully saturated rings. The van der Waals surface area contributed by atoms with Crippen LogP contribution in [0.2, 0.25) is 0 Å². The molecule has 0 bridgehead atoms. The van der Waals surface area contributed by atoms with Crippen LogP contribution < -0.4 is 10.6 Å². The Morgan fingerprint density at radius 3 is 3.20 bits per heavy atom. The van der Waals surface area contributed by atoms with Gasteiger partial charge in [-0.15, -0.1) is 0 Å². The van der Waals surface area contributed by atoms with E-state index in [-0.39, 0.29) is 17.3 Å². The van der Waals surface area contributed by atoms with E-state index in [1.165, 1.54) is 0 Å².